The molecule has 0 atom stereocenters. The number of carbonyl (C=O) groups excluding carboxylic acids is 1. The van der Waals surface area contributed by atoms with Crippen molar-refractivity contribution in [1.82, 2.24) is 20.3 Å². The largest absolute Gasteiger partial charge is 0.497 e. The average molecular weight is 538 g/mol. The summed E-state index contributed by atoms with van der Waals surface area (Å²) in [7, 11) is 1.63. The van der Waals surface area contributed by atoms with Gasteiger partial charge < -0.3 is 39.8 Å². The number of morpholine rings is 1. The Hall–Kier alpha value is -4.00. The van der Waals surface area contributed by atoms with Crippen molar-refractivity contribution in [3.63, 3.8) is 0 Å². The van der Waals surface area contributed by atoms with Gasteiger partial charge in [-0.25, -0.2) is 0 Å². The molecule has 2 aromatic carbocycles. The van der Waals surface area contributed by atoms with E-state index in [1.54, 1.807) is 19.2 Å². The molecule has 0 spiro atoms. The SMILES string of the molecule is COc1cccc(Nc2nc(NCCOCCOCCNC(=O)c3ccccc3)nc(N3CCOCC3)n2)c1. The summed E-state index contributed by atoms with van der Waals surface area (Å²) < 4.78 is 21.9. The topological polar surface area (TPSA) is 132 Å². The quantitative estimate of drug-likeness (QED) is 0.247. The Bertz CT molecular complexity index is 1160. The molecule has 0 unspecified atom stereocenters. The van der Waals surface area contributed by atoms with Gasteiger partial charge in [0.25, 0.3) is 5.91 Å². The number of aromatic nitrogens is 3. The summed E-state index contributed by atoms with van der Waals surface area (Å²) in [6.45, 7) is 5.36. The first kappa shape index (κ1) is 28.0. The molecule has 12 heteroatoms. The zero-order valence-corrected chi connectivity index (χ0v) is 22.1. The molecule has 1 saturated heterocycles. The van der Waals surface area contributed by atoms with E-state index in [1.807, 2.05) is 42.5 Å². The van der Waals surface area contributed by atoms with E-state index in [1.165, 1.54) is 0 Å². The van der Waals surface area contributed by atoms with E-state index in [-0.39, 0.29) is 5.91 Å². The first-order valence-corrected chi connectivity index (χ1v) is 12.9. The van der Waals surface area contributed by atoms with Gasteiger partial charge in [-0.1, -0.05) is 24.3 Å². The lowest BCUT2D eigenvalue weighted by Crippen LogP contribution is -2.37. The highest BCUT2D eigenvalue weighted by molar-refractivity contribution is 5.94. The third kappa shape index (κ3) is 9.36. The van der Waals surface area contributed by atoms with Crippen LogP contribution in [-0.4, -0.2) is 93.8 Å². The number of rotatable bonds is 15. The highest BCUT2D eigenvalue weighted by Crippen LogP contribution is 2.22. The number of benzene rings is 2. The summed E-state index contributed by atoms with van der Waals surface area (Å²) in [5.74, 6) is 2.08. The molecule has 39 heavy (non-hydrogen) atoms. The summed E-state index contributed by atoms with van der Waals surface area (Å²) in [6, 6.07) is 16.7. The summed E-state index contributed by atoms with van der Waals surface area (Å²) in [5, 5.41) is 9.28. The fourth-order valence-corrected chi connectivity index (χ4v) is 3.72. The Balaban J connectivity index is 1.18. The monoisotopic (exact) mass is 537 g/mol. The van der Waals surface area contributed by atoms with Gasteiger partial charge in [-0.05, 0) is 24.3 Å². The van der Waals surface area contributed by atoms with Crippen LogP contribution in [0, 0.1) is 0 Å². The van der Waals surface area contributed by atoms with Crippen molar-refractivity contribution < 1.29 is 23.7 Å². The van der Waals surface area contributed by atoms with E-state index in [2.05, 4.69) is 35.8 Å². The first-order chi connectivity index (χ1) is 19.2. The Morgan fingerprint density at radius 1 is 0.897 bits per heavy atom. The van der Waals surface area contributed by atoms with Crippen molar-refractivity contribution in [3.8, 4) is 5.75 Å². The second-order valence-corrected chi connectivity index (χ2v) is 8.51. The molecule has 12 nitrogen and oxygen atoms in total. The lowest BCUT2D eigenvalue weighted by Gasteiger charge is -2.27. The Morgan fingerprint density at radius 3 is 2.41 bits per heavy atom. The summed E-state index contributed by atoms with van der Waals surface area (Å²) in [5.41, 5.74) is 1.44. The molecule has 0 radical (unpaired) electrons. The van der Waals surface area contributed by atoms with Gasteiger partial charge in [0.15, 0.2) is 0 Å². The van der Waals surface area contributed by atoms with Crippen LogP contribution in [0.5, 0.6) is 5.75 Å². The molecule has 0 saturated carbocycles. The first-order valence-electron chi connectivity index (χ1n) is 12.9. The standard InChI is InChI=1S/C27H35N7O5/c1-36-23-9-5-8-22(20-23)30-26-31-25(32-27(33-26)34-12-16-39-17-13-34)29-11-15-38-19-18-37-14-10-28-24(35)21-6-3-2-4-7-21/h2-9,20H,10-19H2,1H3,(H,28,35)(H2,29,30,31,32,33). The minimum Gasteiger partial charge on any atom is -0.497 e. The third-order valence-corrected chi connectivity index (χ3v) is 5.71. The Labute approximate surface area is 228 Å². The van der Waals surface area contributed by atoms with Gasteiger partial charge in [0.2, 0.25) is 17.8 Å². The van der Waals surface area contributed by atoms with Crippen LogP contribution in [0.25, 0.3) is 0 Å². The fourth-order valence-electron chi connectivity index (χ4n) is 3.72. The Morgan fingerprint density at radius 2 is 1.64 bits per heavy atom. The molecule has 1 aliphatic rings. The molecule has 0 bridgehead atoms. The molecule has 4 rings (SSSR count). The van der Waals surface area contributed by atoms with E-state index in [0.717, 1.165) is 11.4 Å². The molecule has 208 valence electrons. The van der Waals surface area contributed by atoms with Crippen LogP contribution in [0.1, 0.15) is 10.4 Å². The number of ether oxygens (including phenoxy) is 4. The predicted octanol–water partition coefficient (Wildman–Crippen LogP) is 2.34. The summed E-state index contributed by atoms with van der Waals surface area (Å²) >= 11 is 0. The molecule has 1 amide bonds. The van der Waals surface area contributed by atoms with E-state index in [0.29, 0.717) is 89.2 Å². The van der Waals surface area contributed by atoms with Crippen LogP contribution in [-0.2, 0) is 14.2 Å². The van der Waals surface area contributed by atoms with Crippen molar-refractivity contribution in [2.45, 2.75) is 0 Å². The van der Waals surface area contributed by atoms with Crippen molar-refractivity contribution in [3.05, 3.63) is 60.2 Å². The fraction of sp³-hybridized carbons (Fsp3) is 0.407. The number of nitrogens with zero attached hydrogens (tertiary/aromatic N) is 4. The molecular formula is C27H35N7O5. The molecule has 1 fully saturated rings. The highest BCUT2D eigenvalue weighted by Gasteiger charge is 2.17. The van der Waals surface area contributed by atoms with Crippen LogP contribution < -0.4 is 25.6 Å². The van der Waals surface area contributed by atoms with Gasteiger partial charge in [-0.15, -0.1) is 0 Å². The predicted molar refractivity (Wildman–Crippen MR) is 148 cm³/mol. The molecule has 3 N–H and O–H groups in total. The average Bonchev–Trinajstić information content (AvgIpc) is 2.99. The lowest BCUT2D eigenvalue weighted by molar-refractivity contribution is 0.0519. The van der Waals surface area contributed by atoms with E-state index in [9.17, 15) is 4.79 Å². The van der Waals surface area contributed by atoms with Crippen LogP contribution >= 0.6 is 0 Å². The number of amides is 1. The molecule has 3 aromatic rings. The van der Waals surface area contributed by atoms with Gasteiger partial charge in [-0.3, -0.25) is 4.79 Å². The van der Waals surface area contributed by atoms with Gasteiger partial charge in [-0.2, -0.15) is 15.0 Å². The normalized spacial score (nSPS) is 13.1. The number of hydrogen-bond acceptors (Lipinski definition) is 11. The molecule has 0 aliphatic carbocycles. The van der Waals surface area contributed by atoms with Crippen LogP contribution in [0.15, 0.2) is 54.6 Å². The molecule has 1 aliphatic heterocycles. The molecule has 2 heterocycles. The van der Waals surface area contributed by atoms with Gasteiger partial charge in [0, 0.05) is 43.5 Å². The smallest absolute Gasteiger partial charge is 0.251 e. The molecular weight excluding hydrogens is 502 g/mol. The maximum absolute atomic E-state index is 12.0. The minimum atomic E-state index is -0.113. The molecule has 1 aromatic heterocycles. The second kappa shape index (κ2) is 15.4. The maximum Gasteiger partial charge on any atom is 0.251 e. The van der Waals surface area contributed by atoms with E-state index in [4.69, 9.17) is 18.9 Å². The Kier molecular flexibility index (Phi) is 11.1. The third-order valence-electron chi connectivity index (χ3n) is 5.71. The second-order valence-electron chi connectivity index (χ2n) is 8.51. The van der Waals surface area contributed by atoms with Crippen LogP contribution in [0.2, 0.25) is 0 Å². The number of anilines is 4. The van der Waals surface area contributed by atoms with Gasteiger partial charge >= 0.3 is 0 Å². The number of methoxy groups -OCH3 is 1. The van der Waals surface area contributed by atoms with Gasteiger partial charge in [0.05, 0.1) is 46.8 Å². The minimum absolute atomic E-state index is 0.113. The van der Waals surface area contributed by atoms with Crippen LogP contribution in [0.4, 0.5) is 23.5 Å². The van der Waals surface area contributed by atoms with E-state index >= 15 is 0 Å². The summed E-state index contributed by atoms with van der Waals surface area (Å²) in [6.07, 6.45) is 0. The van der Waals surface area contributed by atoms with Gasteiger partial charge in [0.1, 0.15) is 5.75 Å². The van der Waals surface area contributed by atoms with E-state index < -0.39 is 0 Å². The lowest BCUT2D eigenvalue weighted by atomic mass is 10.2. The van der Waals surface area contributed by atoms with Crippen molar-refractivity contribution >= 4 is 29.4 Å². The zero-order valence-electron chi connectivity index (χ0n) is 22.1. The number of hydrogen-bond donors (Lipinski definition) is 3. The maximum atomic E-state index is 12.0. The van der Waals surface area contributed by atoms with Crippen molar-refractivity contribution in [2.24, 2.45) is 0 Å². The highest BCUT2D eigenvalue weighted by atomic mass is 16.5. The van der Waals surface area contributed by atoms with Crippen molar-refractivity contribution in [1.29, 1.82) is 0 Å². The zero-order chi connectivity index (χ0) is 27.1. The number of carbonyl (C=O) groups is 1. The van der Waals surface area contributed by atoms with Crippen LogP contribution in [0.3, 0.4) is 0 Å². The van der Waals surface area contributed by atoms with Crippen molar-refractivity contribution in [2.75, 3.05) is 88.5 Å². The summed E-state index contributed by atoms with van der Waals surface area (Å²) in [4.78, 5) is 27.8. The number of nitrogens with one attached hydrogen (secondary N) is 3.